The van der Waals surface area contributed by atoms with Gasteiger partial charge in [0.15, 0.2) is 0 Å². The molecule has 5 heteroatoms. The van der Waals surface area contributed by atoms with Crippen molar-refractivity contribution in [3.05, 3.63) is 39.9 Å². The maximum atomic E-state index is 10.7. The van der Waals surface area contributed by atoms with Crippen molar-refractivity contribution in [2.75, 3.05) is 0 Å². The van der Waals surface area contributed by atoms with E-state index in [-0.39, 0.29) is 10.8 Å². The first-order chi connectivity index (χ1) is 9.98. The lowest BCUT2D eigenvalue weighted by molar-refractivity contribution is 0.422. The standard InChI is InChI=1S/C17H25N3OS/c1-16(2,3)12-7-11(9-20-10-18-15(22)19-20)8-13(14(12)21)17(4,5)6/h7-8,10,21H,9H2,1-6H3,(H,19,22). The Morgan fingerprint density at radius 2 is 1.59 bits per heavy atom. The molecule has 2 N–H and O–H groups in total. The third kappa shape index (κ3) is 3.58. The van der Waals surface area contributed by atoms with Crippen LogP contribution in [0.5, 0.6) is 5.75 Å². The Hall–Kier alpha value is -1.62. The highest BCUT2D eigenvalue weighted by atomic mass is 32.1. The van der Waals surface area contributed by atoms with Crippen LogP contribution in [0.15, 0.2) is 18.5 Å². The van der Waals surface area contributed by atoms with Crippen LogP contribution in [0.4, 0.5) is 0 Å². The molecule has 120 valence electrons. The number of nitrogens with one attached hydrogen (secondary N) is 1. The normalized spacial score (nSPS) is 12.6. The minimum Gasteiger partial charge on any atom is -0.507 e. The largest absolute Gasteiger partial charge is 0.507 e. The molecule has 0 spiro atoms. The highest BCUT2D eigenvalue weighted by Crippen LogP contribution is 2.39. The number of phenolic OH excluding ortho intramolecular Hbond substituents is 1. The summed E-state index contributed by atoms with van der Waals surface area (Å²) in [4.78, 5) is 4.05. The fraction of sp³-hybridized carbons (Fsp3) is 0.529. The number of aromatic nitrogens is 3. The zero-order valence-electron chi connectivity index (χ0n) is 14.2. The molecule has 0 fully saturated rings. The molecule has 1 aromatic carbocycles. The third-order valence-electron chi connectivity index (χ3n) is 3.69. The van der Waals surface area contributed by atoms with Crippen molar-refractivity contribution in [1.29, 1.82) is 0 Å². The van der Waals surface area contributed by atoms with Crippen molar-refractivity contribution in [3.8, 4) is 5.75 Å². The summed E-state index contributed by atoms with van der Waals surface area (Å²) in [5.74, 6) is 0.405. The van der Waals surface area contributed by atoms with E-state index in [1.165, 1.54) is 0 Å². The number of nitrogens with zero attached hydrogens (tertiary/aromatic N) is 2. The zero-order chi connectivity index (χ0) is 16.7. The van der Waals surface area contributed by atoms with E-state index in [9.17, 15) is 5.11 Å². The van der Waals surface area contributed by atoms with Crippen LogP contribution < -0.4 is 0 Å². The van der Waals surface area contributed by atoms with E-state index in [4.69, 9.17) is 12.2 Å². The van der Waals surface area contributed by atoms with Gasteiger partial charge in [-0.3, -0.25) is 9.78 Å². The van der Waals surface area contributed by atoms with Crippen molar-refractivity contribution in [1.82, 2.24) is 14.8 Å². The molecule has 2 aromatic rings. The van der Waals surface area contributed by atoms with Gasteiger partial charge in [-0.2, -0.15) is 0 Å². The Balaban J connectivity index is 2.57. The predicted molar refractivity (Wildman–Crippen MR) is 92.0 cm³/mol. The lowest BCUT2D eigenvalue weighted by Gasteiger charge is -2.28. The highest BCUT2D eigenvalue weighted by molar-refractivity contribution is 7.71. The number of hydrogen-bond donors (Lipinski definition) is 2. The molecule has 0 amide bonds. The minimum atomic E-state index is -0.123. The topological polar surface area (TPSA) is 53.8 Å². The first-order valence-corrected chi connectivity index (χ1v) is 7.87. The van der Waals surface area contributed by atoms with Gasteiger partial charge in [0.25, 0.3) is 0 Å². The van der Waals surface area contributed by atoms with Gasteiger partial charge < -0.3 is 5.11 Å². The second-order valence-corrected chi connectivity index (χ2v) is 8.22. The Morgan fingerprint density at radius 3 is 1.95 bits per heavy atom. The number of benzene rings is 1. The summed E-state index contributed by atoms with van der Waals surface area (Å²) in [6.07, 6.45) is 1.70. The molecule has 0 unspecified atom stereocenters. The zero-order valence-corrected chi connectivity index (χ0v) is 15.0. The van der Waals surface area contributed by atoms with Crippen LogP contribution >= 0.6 is 12.2 Å². The summed E-state index contributed by atoms with van der Waals surface area (Å²) in [7, 11) is 0. The number of hydrogen-bond acceptors (Lipinski definition) is 3. The number of aromatic hydroxyl groups is 1. The predicted octanol–water partition coefficient (Wildman–Crippen LogP) is 4.29. The monoisotopic (exact) mass is 319 g/mol. The smallest absolute Gasteiger partial charge is 0.213 e. The number of aromatic amines is 1. The maximum absolute atomic E-state index is 10.7. The van der Waals surface area contributed by atoms with Gasteiger partial charge in [-0.1, -0.05) is 41.5 Å². The van der Waals surface area contributed by atoms with Crippen LogP contribution in [0.1, 0.15) is 58.2 Å². The van der Waals surface area contributed by atoms with E-state index in [0.717, 1.165) is 16.7 Å². The molecule has 22 heavy (non-hydrogen) atoms. The van der Waals surface area contributed by atoms with E-state index in [2.05, 4.69) is 63.8 Å². The Labute approximate surface area is 137 Å². The fourth-order valence-electron chi connectivity index (χ4n) is 2.51. The molecule has 4 nitrogen and oxygen atoms in total. The van der Waals surface area contributed by atoms with Gasteiger partial charge in [0.1, 0.15) is 12.1 Å². The Morgan fingerprint density at radius 1 is 1.09 bits per heavy atom. The summed E-state index contributed by atoms with van der Waals surface area (Å²) >= 11 is 5.01. The van der Waals surface area contributed by atoms with Crippen molar-refractivity contribution < 1.29 is 5.11 Å². The lowest BCUT2D eigenvalue weighted by atomic mass is 9.78. The molecule has 0 saturated heterocycles. The van der Waals surface area contributed by atoms with Gasteiger partial charge in [-0.25, -0.2) is 4.98 Å². The molecule has 0 bridgehead atoms. The first kappa shape index (κ1) is 16.7. The number of phenols is 1. The van der Waals surface area contributed by atoms with Crippen LogP contribution in [0.2, 0.25) is 0 Å². The number of H-pyrrole nitrogens is 1. The molecule has 0 aliphatic heterocycles. The number of rotatable bonds is 2. The summed E-state index contributed by atoms with van der Waals surface area (Å²) in [6.45, 7) is 13.3. The fourth-order valence-corrected chi connectivity index (χ4v) is 2.67. The van der Waals surface area contributed by atoms with Gasteiger partial charge in [0.2, 0.25) is 4.77 Å². The molecule has 1 heterocycles. The van der Waals surface area contributed by atoms with Crippen LogP contribution in [-0.2, 0) is 17.4 Å². The Kier molecular flexibility index (Phi) is 4.22. The summed E-state index contributed by atoms with van der Waals surface area (Å²) in [5.41, 5.74) is 2.81. The van der Waals surface area contributed by atoms with E-state index in [0.29, 0.717) is 17.1 Å². The third-order valence-corrected chi connectivity index (χ3v) is 3.89. The van der Waals surface area contributed by atoms with Gasteiger partial charge in [0.05, 0.1) is 6.54 Å². The highest BCUT2D eigenvalue weighted by Gasteiger charge is 2.26. The maximum Gasteiger partial charge on any atom is 0.213 e. The summed E-state index contributed by atoms with van der Waals surface area (Å²) < 4.78 is 2.33. The van der Waals surface area contributed by atoms with Crippen LogP contribution in [-0.4, -0.2) is 19.9 Å². The lowest BCUT2D eigenvalue weighted by Crippen LogP contribution is -2.18. The molecule has 1 aromatic heterocycles. The quantitative estimate of drug-likeness (QED) is 0.812. The van der Waals surface area contributed by atoms with Crippen LogP contribution in [0.3, 0.4) is 0 Å². The van der Waals surface area contributed by atoms with Crippen LogP contribution in [0.25, 0.3) is 0 Å². The molecule has 0 saturated carbocycles. The molecule has 0 atom stereocenters. The molecule has 2 rings (SSSR count). The average molecular weight is 319 g/mol. The van der Waals surface area contributed by atoms with E-state index < -0.39 is 0 Å². The van der Waals surface area contributed by atoms with E-state index in [1.54, 1.807) is 6.33 Å². The summed E-state index contributed by atoms with van der Waals surface area (Å²) in [5, 5.41) is 13.7. The summed E-state index contributed by atoms with van der Waals surface area (Å²) in [6, 6.07) is 4.14. The molecule has 0 aliphatic rings. The minimum absolute atomic E-state index is 0.123. The Bertz CT molecular complexity index is 694. The second-order valence-electron chi connectivity index (χ2n) is 7.83. The van der Waals surface area contributed by atoms with Gasteiger partial charge >= 0.3 is 0 Å². The van der Waals surface area contributed by atoms with Gasteiger partial charge in [-0.15, -0.1) is 0 Å². The molecule has 0 aliphatic carbocycles. The molecule has 0 radical (unpaired) electrons. The van der Waals surface area contributed by atoms with E-state index in [1.807, 2.05) is 4.68 Å². The molecular formula is C17H25N3OS. The van der Waals surface area contributed by atoms with Gasteiger partial charge in [-0.05, 0) is 51.9 Å². The van der Waals surface area contributed by atoms with Gasteiger partial charge in [0, 0.05) is 0 Å². The van der Waals surface area contributed by atoms with Crippen molar-refractivity contribution >= 4 is 12.2 Å². The average Bonchev–Trinajstić information content (AvgIpc) is 2.74. The second kappa shape index (κ2) is 5.54. The van der Waals surface area contributed by atoms with Crippen molar-refractivity contribution in [2.45, 2.75) is 58.9 Å². The van der Waals surface area contributed by atoms with Crippen LogP contribution in [0, 0.1) is 4.77 Å². The first-order valence-electron chi connectivity index (χ1n) is 7.47. The van der Waals surface area contributed by atoms with E-state index >= 15 is 0 Å². The SMILES string of the molecule is CC(C)(C)c1cc(Cn2cnc(=S)[nH]2)cc(C(C)(C)C)c1O. The van der Waals surface area contributed by atoms with Crippen molar-refractivity contribution in [3.63, 3.8) is 0 Å². The van der Waals surface area contributed by atoms with Crippen molar-refractivity contribution in [2.24, 2.45) is 0 Å². The molecular weight excluding hydrogens is 294 g/mol.